The smallest absolute Gasteiger partial charge is 0.410 e. The van der Waals surface area contributed by atoms with Gasteiger partial charge in [0.1, 0.15) is 5.75 Å². The molecule has 17 heavy (non-hydrogen) atoms. The highest BCUT2D eigenvalue weighted by atomic mass is 16.6. The summed E-state index contributed by atoms with van der Waals surface area (Å²) >= 11 is 0. The summed E-state index contributed by atoms with van der Waals surface area (Å²) in [5, 5.41) is 0. The molecule has 1 saturated heterocycles. The molecule has 1 heterocycles. The fraction of sp³-hybridized carbons (Fsp3) is 0.500. The molecule has 1 fully saturated rings. The zero-order chi connectivity index (χ0) is 12.3. The maximum absolute atomic E-state index is 11.9. The Labute approximate surface area is 102 Å². The zero-order valence-corrected chi connectivity index (χ0v) is 10.5. The maximum Gasteiger partial charge on any atom is 0.415 e. The van der Waals surface area contributed by atoms with Crippen molar-refractivity contribution in [3.05, 3.63) is 29.3 Å². The van der Waals surface area contributed by atoms with Gasteiger partial charge in [0.25, 0.3) is 0 Å². The first-order chi connectivity index (χ1) is 8.15. The Hall–Kier alpha value is -1.51. The molecule has 0 saturated carbocycles. The molecule has 2 rings (SSSR count). The number of benzene rings is 1. The molecule has 0 aromatic heterocycles. The number of hydrogen-bond acceptors (Lipinski definition) is 2. The van der Waals surface area contributed by atoms with Crippen molar-refractivity contribution in [2.45, 2.75) is 33.1 Å². The second-order valence-corrected chi connectivity index (χ2v) is 4.74. The number of nitrogens with zero attached hydrogens (tertiary/aromatic N) is 1. The summed E-state index contributed by atoms with van der Waals surface area (Å²) in [6.45, 7) is 5.66. The van der Waals surface area contributed by atoms with Gasteiger partial charge in [-0.25, -0.2) is 4.79 Å². The standard InChI is InChI=1S/C14H19NO2/c1-11-8-12(2)10-13(9-11)17-14(16)15-6-4-3-5-7-15/h8-10H,3-7H2,1-2H3. The van der Waals surface area contributed by atoms with Crippen LogP contribution in [0.2, 0.25) is 0 Å². The molecule has 1 aliphatic rings. The van der Waals surface area contributed by atoms with E-state index in [-0.39, 0.29) is 6.09 Å². The normalized spacial score (nSPS) is 15.8. The van der Waals surface area contributed by atoms with E-state index >= 15 is 0 Å². The highest BCUT2D eigenvalue weighted by Gasteiger charge is 2.18. The summed E-state index contributed by atoms with van der Waals surface area (Å²) in [7, 11) is 0. The highest BCUT2D eigenvalue weighted by Crippen LogP contribution is 2.18. The van der Waals surface area contributed by atoms with Gasteiger partial charge in [0, 0.05) is 13.1 Å². The Balaban J connectivity index is 2.01. The van der Waals surface area contributed by atoms with E-state index in [2.05, 4.69) is 6.07 Å². The van der Waals surface area contributed by atoms with Crippen LogP contribution in [0.15, 0.2) is 18.2 Å². The number of ether oxygens (including phenoxy) is 1. The summed E-state index contributed by atoms with van der Waals surface area (Å²) in [6, 6.07) is 5.86. The number of aryl methyl sites for hydroxylation is 2. The Morgan fingerprint density at radius 3 is 2.24 bits per heavy atom. The maximum atomic E-state index is 11.9. The average molecular weight is 233 g/mol. The Morgan fingerprint density at radius 1 is 1.06 bits per heavy atom. The molecule has 3 nitrogen and oxygen atoms in total. The van der Waals surface area contributed by atoms with Gasteiger partial charge in [-0.05, 0) is 56.4 Å². The van der Waals surface area contributed by atoms with Crippen molar-refractivity contribution in [1.29, 1.82) is 0 Å². The van der Waals surface area contributed by atoms with Gasteiger partial charge in [-0.1, -0.05) is 6.07 Å². The Kier molecular flexibility index (Phi) is 3.67. The van der Waals surface area contributed by atoms with Crippen molar-refractivity contribution in [2.24, 2.45) is 0 Å². The molecule has 0 radical (unpaired) electrons. The first-order valence-corrected chi connectivity index (χ1v) is 6.20. The van der Waals surface area contributed by atoms with Gasteiger partial charge in [-0.15, -0.1) is 0 Å². The van der Waals surface area contributed by atoms with Gasteiger partial charge >= 0.3 is 6.09 Å². The zero-order valence-electron chi connectivity index (χ0n) is 10.5. The van der Waals surface area contributed by atoms with Crippen molar-refractivity contribution >= 4 is 6.09 Å². The van der Waals surface area contributed by atoms with Crippen LogP contribution in [0.25, 0.3) is 0 Å². The Bertz CT molecular complexity index is 388. The number of carbonyl (C=O) groups is 1. The summed E-state index contributed by atoms with van der Waals surface area (Å²) < 4.78 is 5.40. The fourth-order valence-corrected chi connectivity index (χ4v) is 2.23. The van der Waals surface area contributed by atoms with Gasteiger partial charge in [-0.2, -0.15) is 0 Å². The van der Waals surface area contributed by atoms with Crippen LogP contribution in [0.1, 0.15) is 30.4 Å². The SMILES string of the molecule is Cc1cc(C)cc(OC(=O)N2CCCCC2)c1. The molecule has 1 amide bonds. The van der Waals surface area contributed by atoms with Crippen molar-refractivity contribution in [2.75, 3.05) is 13.1 Å². The third-order valence-corrected chi connectivity index (χ3v) is 3.01. The number of amides is 1. The minimum Gasteiger partial charge on any atom is -0.410 e. The molecule has 0 atom stereocenters. The van der Waals surface area contributed by atoms with Crippen LogP contribution in [-0.4, -0.2) is 24.1 Å². The van der Waals surface area contributed by atoms with Crippen LogP contribution in [0.3, 0.4) is 0 Å². The topological polar surface area (TPSA) is 29.5 Å². The van der Waals surface area contributed by atoms with E-state index in [4.69, 9.17) is 4.74 Å². The van der Waals surface area contributed by atoms with Gasteiger partial charge < -0.3 is 9.64 Å². The summed E-state index contributed by atoms with van der Waals surface area (Å²) in [5.74, 6) is 0.651. The molecule has 0 bridgehead atoms. The Morgan fingerprint density at radius 2 is 1.65 bits per heavy atom. The molecule has 1 aliphatic heterocycles. The molecule has 1 aromatic carbocycles. The lowest BCUT2D eigenvalue weighted by Gasteiger charge is -2.25. The minimum absolute atomic E-state index is 0.213. The van der Waals surface area contributed by atoms with Crippen molar-refractivity contribution in [1.82, 2.24) is 4.90 Å². The fourth-order valence-electron chi connectivity index (χ4n) is 2.23. The van der Waals surface area contributed by atoms with E-state index in [1.165, 1.54) is 6.42 Å². The highest BCUT2D eigenvalue weighted by molar-refractivity contribution is 5.70. The number of rotatable bonds is 1. The van der Waals surface area contributed by atoms with Crippen LogP contribution in [0.4, 0.5) is 4.79 Å². The second-order valence-electron chi connectivity index (χ2n) is 4.74. The van der Waals surface area contributed by atoms with E-state index in [1.807, 2.05) is 26.0 Å². The molecule has 1 aromatic rings. The first kappa shape index (κ1) is 12.0. The molecular formula is C14H19NO2. The molecule has 92 valence electrons. The van der Waals surface area contributed by atoms with Gasteiger partial charge in [0.2, 0.25) is 0 Å². The number of piperidine rings is 1. The monoisotopic (exact) mass is 233 g/mol. The lowest BCUT2D eigenvalue weighted by Crippen LogP contribution is -2.37. The van der Waals surface area contributed by atoms with Gasteiger partial charge in [0.05, 0.1) is 0 Å². The van der Waals surface area contributed by atoms with Gasteiger partial charge in [0.15, 0.2) is 0 Å². The average Bonchev–Trinajstić information content (AvgIpc) is 2.28. The number of carbonyl (C=O) groups excluding carboxylic acids is 1. The van der Waals surface area contributed by atoms with Crippen LogP contribution in [0, 0.1) is 13.8 Å². The molecular weight excluding hydrogens is 214 g/mol. The van der Waals surface area contributed by atoms with Crippen molar-refractivity contribution in [3.8, 4) is 5.75 Å². The van der Waals surface area contributed by atoms with Crippen molar-refractivity contribution < 1.29 is 9.53 Å². The van der Waals surface area contributed by atoms with Crippen LogP contribution in [-0.2, 0) is 0 Å². The molecule has 0 unspecified atom stereocenters. The van der Waals surface area contributed by atoms with E-state index in [9.17, 15) is 4.79 Å². The second kappa shape index (κ2) is 5.21. The first-order valence-electron chi connectivity index (χ1n) is 6.20. The lowest BCUT2D eigenvalue weighted by atomic mass is 10.1. The van der Waals surface area contributed by atoms with Crippen LogP contribution >= 0.6 is 0 Å². The summed E-state index contributed by atoms with van der Waals surface area (Å²) in [4.78, 5) is 13.7. The van der Waals surface area contributed by atoms with E-state index < -0.39 is 0 Å². The van der Waals surface area contributed by atoms with Gasteiger partial charge in [-0.3, -0.25) is 0 Å². The lowest BCUT2D eigenvalue weighted by molar-refractivity contribution is 0.142. The quantitative estimate of drug-likeness (QED) is 0.745. The molecule has 0 spiro atoms. The van der Waals surface area contributed by atoms with Crippen LogP contribution in [0.5, 0.6) is 5.75 Å². The molecule has 0 aliphatic carbocycles. The molecule has 0 N–H and O–H groups in total. The number of hydrogen-bond donors (Lipinski definition) is 0. The van der Waals surface area contributed by atoms with E-state index in [0.29, 0.717) is 5.75 Å². The number of likely N-dealkylation sites (tertiary alicyclic amines) is 1. The minimum atomic E-state index is -0.213. The third-order valence-electron chi connectivity index (χ3n) is 3.01. The predicted molar refractivity (Wildman–Crippen MR) is 67.4 cm³/mol. The van der Waals surface area contributed by atoms with Crippen molar-refractivity contribution in [3.63, 3.8) is 0 Å². The van der Waals surface area contributed by atoms with E-state index in [1.54, 1.807) is 4.90 Å². The summed E-state index contributed by atoms with van der Waals surface area (Å²) in [6.07, 6.45) is 3.17. The third kappa shape index (κ3) is 3.22. The van der Waals surface area contributed by atoms with Crippen LogP contribution < -0.4 is 4.74 Å². The van der Waals surface area contributed by atoms with E-state index in [0.717, 1.165) is 37.1 Å². The molecule has 3 heteroatoms. The largest absolute Gasteiger partial charge is 0.415 e. The predicted octanol–water partition coefficient (Wildman–Crippen LogP) is 3.29. The summed E-state index contributed by atoms with van der Waals surface area (Å²) in [5.41, 5.74) is 2.23.